The fourth-order valence-electron chi connectivity index (χ4n) is 2.01. The van der Waals surface area contributed by atoms with E-state index in [1.54, 1.807) is 0 Å². The Kier molecular flexibility index (Phi) is 3.07. The van der Waals surface area contributed by atoms with E-state index in [1.165, 1.54) is 17.6 Å². The predicted octanol–water partition coefficient (Wildman–Crippen LogP) is 1.84. The Bertz CT molecular complexity index is 361. The van der Waals surface area contributed by atoms with Crippen molar-refractivity contribution in [3.63, 3.8) is 0 Å². The van der Waals surface area contributed by atoms with Crippen LogP contribution in [0.4, 0.5) is 0 Å². The van der Waals surface area contributed by atoms with Crippen molar-refractivity contribution in [2.24, 2.45) is 0 Å². The lowest BCUT2D eigenvalue weighted by molar-refractivity contribution is -0.142. The van der Waals surface area contributed by atoms with E-state index in [-0.39, 0.29) is 5.97 Å². The van der Waals surface area contributed by atoms with E-state index in [0.717, 1.165) is 13.0 Å². The van der Waals surface area contributed by atoms with Crippen molar-refractivity contribution in [2.45, 2.75) is 19.4 Å². The number of carbonyl (C=O) groups excluding carboxylic acids is 1. The number of nitrogens with zero attached hydrogens (tertiary/aromatic N) is 1. The van der Waals surface area contributed by atoms with Crippen LogP contribution in [-0.2, 0) is 16.0 Å². The van der Waals surface area contributed by atoms with E-state index in [2.05, 4.69) is 23.3 Å². The minimum Gasteiger partial charge on any atom is -0.468 e. The van der Waals surface area contributed by atoms with Crippen molar-refractivity contribution >= 4 is 17.3 Å². The molecular formula is C11H15NO2S. The molecule has 0 aromatic carbocycles. The van der Waals surface area contributed by atoms with Gasteiger partial charge in [0.05, 0.1) is 13.7 Å². The molecule has 15 heavy (non-hydrogen) atoms. The maximum atomic E-state index is 11.2. The second-order valence-electron chi connectivity index (χ2n) is 3.77. The fourth-order valence-corrected chi connectivity index (χ4v) is 2.97. The maximum Gasteiger partial charge on any atom is 0.319 e. The molecule has 1 aromatic rings. The first-order valence-corrected chi connectivity index (χ1v) is 5.97. The van der Waals surface area contributed by atoms with Crippen LogP contribution in [0.2, 0.25) is 0 Å². The highest BCUT2D eigenvalue weighted by molar-refractivity contribution is 7.10. The minimum atomic E-state index is -0.152. The molecule has 0 bridgehead atoms. The van der Waals surface area contributed by atoms with E-state index in [0.29, 0.717) is 12.6 Å². The van der Waals surface area contributed by atoms with Crippen LogP contribution >= 0.6 is 11.3 Å². The summed E-state index contributed by atoms with van der Waals surface area (Å²) in [5.74, 6) is -0.152. The lowest BCUT2D eigenvalue weighted by Crippen LogP contribution is -2.37. The number of hydrogen-bond donors (Lipinski definition) is 0. The molecule has 1 aromatic heterocycles. The van der Waals surface area contributed by atoms with Crippen LogP contribution in [0.1, 0.15) is 23.4 Å². The van der Waals surface area contributed by atoms with E-state index in [1.807, 2.05) is 11.3 Å². The molecule has 1 atom stereocenters. The highest BCUT2D eigenvalue weighted by Crippen LogP contribution is 2.32. The summed E-state index contributed by atoms with van der Waals surface area (Å²) in [6, 6.07) is 2.49. The first-order valence-electron chi connectivity index (χ1n) is 5.09. The zero-order valence-corrected chi connectivity index (χ0v) is 9.84. The van der Waals surface area contributed by atoms with Crippen molar-refractivity contribution in [2.75, 3.05) is 20.2 Å². The number of rotatable bonds is 2. The van der Waals surface area contributed by atoms with Gasteiger partial charge < -0.3 is 4.74 Å². The van der Waals surface area contributed by atoms with Gasteiger partial charge in [-0.15, -0.1) is 11.3 Å². The molecule has 0 spiro atoms. The maximum absolute atomic E-state index is 11.2. The number of esters is 1. The average Bonchev–Trinajstić information content (AvgIpc) is 2.70. The molecule has 1 aliphatic rings. The van der Waals surface area contributed by atoms with Gasteiger partial charge in [0.25, 0.3) is 0 Å². The average molecular weight is 225 g/mol. The molecular weight excluding hydrogens is 210 g/mol. The summed E-state index contributed by atoms with van der Waals surface area (Å²) >= 11 is 1.81. The Hall–Kier alpha value is -0.870. The lowest BCUT2D eigenvalue weighted by Gasteiger charge is -2.32. The van der Waals surface area contributed by atoms with E-state index in [9.17, 15) is 4.79 Å². The molecule has 0 fully saturated rings. The van der Waals surface area contributed by atoms with Crippen LogP contribution in [-0.4, -0.2) is 31.1 Å². The molecule has 0 radical (unpaired) electrons. The Morgan fingerprint density at radius 2 is 2.53 bits per heavy atom. The molecule has 3 nitrogen and oxygen atoms in total. The summed E-state index contributed by atoms with van der Waals surface area (Å²) in [5, 5.41) is 2.13. The van der Waals surface area contributed by atoms with Crippen molar-refractivity contribution < 1.29 is 9.53 Å². The SMILES string of the molecule is COC(=O)CN1CCc2sccc2C1C. The van der Waals surface area contributed by atoms with Crippen molar-refractivity contribution in [3.05, 3.63) is 21.9 Å². The van der Waals surface area contributed by atoms with E-state index in [4.69, 9.17) is 4.74 Å². The standard InChI is InChI=1S/C11H15NO2S/c1-8-9-4-6-15-10(9)3-5-12(8)7-11(13)14-2/h4,6,8H,3,5,7H2,1-2H3. The molecule has 0 saturated carbocycles. The Labute approximate surface area is 93.7 Å². The fraction of sp³-hybridized carbons (Fsp3) is 0.545. The number of fused-ring (bicyclic) bond motifs is 1. The van der Waals surface area contributed by atoms with Crippen molar-refractivity contribution in [1.29, 1.82) is 0 Å². The third-order valence-electron chi connectivity index (χ3n) is 2.96. The lowest BCUT2D eigenvalue weighted by atomic mass is 10.0. The largest absolute Gasteiger partial charge is 0.468 e. The topological polar surface area (TPSA) is 29.5 Å². The summed E-state index contributed by atoms with van der Waals surface area (Å²) in [7, 11) is 1.44. The first-order chi connectivity index (χ1) is 7.22. The smallest absolute Gasteiger partial charge is 0.319 e. The van der Waals surface area contributed by atoms with Gasteiger partial charge in [-0.25, -0.2) is 0 Å². The third-order valence-corrected chi connectivity index (χ3v) is 3.96. The van der Waals surface area contributed by atoms with Gasteiger partial charge in [-0.2, -0.15) is 0 Å². The summed E-state index contributed by atoms with van der Waals surface area (Å²) in [6.07, 6.45) is 1.05. The second kappa shape index (κ2) is 4.33. The quantitative estimate of drug-likeness (QED) is 0.719. The highest BCUT2D eigenvalue weighted by atomic mass is 32.1. The van der Waals surface area contributed by atoms with Gasteiger partial charge >= 0.3 is 5.97 Å². The zero-order valence-electron chi connectivity index (χ0n) is 9.03. The summed E-state index contributed by atoms with van der Waals surface area (Å²) in [4.78, 5) is 14.8. The zero-order chi connectivity index (χ0) is 10.8. The van der Waals surface area contributed by atoms with Crippen LogP contribution in [0.3, 0.4) is 0 Å². The molecule has 0 saturated heterocycles. The Balaban J connectivity index is 2.09. The number of carbonyl (C=O) groups is 1. The molecule has 0 amide bonds. The van der Waals surface area contributed by atoms with Crippen LogP contribution in [0.5, 0.6) is 0 Å². The molecule has 2 rings (SSSR count). The number of thiophene rings is 1. The van der Waals surface area contributed by atoms with Crippen molar-refractivity contribution in [1.82, 2.24) is 4.90 Å². The van der Waals surface area contributed by atoms with E-state index >= 15 is 0 Å². The Morgan fingerprint density at radius 1 is 1.73 bits per heavy atom. The molecule has 2 heterocycles. The van der Waals surface area contributed by atoms with Gasteiger partial charge in [-0.1, -0.05) is 0 Å². The molecule has 1 aliphatic heterocycles. The minimum absolute atomic E-state index is 0.152. The van der Waals surface area contributed by atoms with Gasteiger partial charge in [-0.3, -0.25) is 9.69 Å². The van der Waals surface area contributed by atoms with Crippen LogP contribution < -0.4 is 0 Å². The number of methoxy groups -OCH3 is 1. The normalized spacial score (nSPS) is 21.1. The monoisotopic (exact) mass is 225 g/mol. The summed E-state index contributed by atoms with van der Waals surface area (Å²) in [6.45, 7) is 3.49. The van der Waals surface area contributed by atoms with Crippen molar-refractivity contribution in [3.8, 4) is 0 Å². The highest BCUT2D eigenvalue weighted by Gasteiger charge is 2.26. The van der Waals surface area contributed by atoms with Crippen LogP contribution in [0, 0.1) is 0 Å². The molecule has 0 N–H and O–H groups in total. The van der Waals surface area contributed by atoms with E-state index < -0.39 is 0 Å². The first kappa shape index (κ1) is 10.6. The van der Waals surface area contributed by atoms with Crippen LogP contribution in [0.15, 0.2) is 11.4 Å². The predicted molar refractivity (Wildman–Crippen MR) is 60.0 cm³/mol. The van der Waals surface area contributed by atoms with Gasteiger partial charge in [0.15, 0.2) is 0 Å². The molecule has 1 unspecified atom stereocenters. The van der Waals surface area contributed by atoms with Gasteiger partial charge in [0, 0.05) is 17.5 Å². The summed E-state index contributed by atoms with van der Waals surface area (Å²) in [5.41, 5.74) is 1.37. The second-order valence-corrected chi connectivity index (χ2v) is 4.77. The Morgan fingerprint density at radius 3 is 3.27 bits per heavy atom. The number of hydrogen-bond acceptors (Lipinski definition) is 4. The third kappa shape index (κ3) is 2.06. The van der Waals surface area contributed by atoms with Crippen LogP contribution in [0.25, 0.3) is 0 Å². The number of ether oxygens (including phenoxy) is 1. The van der Waals surface area contributed by atoms with Gasteiger partial charge in [-0.05, 0) is 30.4 Å². The molecule has 4 heteroatoms. The van der Waals surface area contributed by atoms with Gasteiger partial charge in [0.1, 0.15) is 0 Å². The molecule has 82 valence electrons. The van der Waals surface area contributed by atoms with Gasteiger partial charge in [0.2, 0.25) is 0 Å². The summed E-state index contributed by atoms with van der Waals surface area (Å²) < 4.78 is 4.69. The molecule has 0 aliphatic carbocycles.